The third-order valence-electron chi connectivity index (χ3n) is 10.1. The number of ether oxygens (including phenoxy) is 1. The largest absolute Gasteiger partial charge is 0.451 e. The molecule has 6 heteroatoms. The second-order valence-electron chi connectivity index (χ2n) is 12.1. The molecule has 4 aliphatic rings. The van der Waals surface area contributed by atoms with Crippen molar-refractivity contribution in [2.75, 3.05) is 0 Å². The molecular weight excluding hydrogens is 452 g/mol. The Kier molecular flexibility index (Phi) is 7.64. The van der Waals surface area contributed by atoms with Gasteiger partial charge in [0.1, 0.15) is 0 Å². The number of carbonyl (C=O) groups is 3. The van der Waals surface area contributed by atoms with Crippen LogP contribution in [0.25, 0.3) is 0 Å². The van der Waals surface area contributed by atoms with Gasteiger partial charge in [0.25, 0.3) is 0 Å². The first-order valence-corrected chi connectivity index (χ1v) is 14.0. The molecule has 6 nitrogen and oxygen atoms in total. The molecule has 6 atom stereocenters. The maximum Gasteiger partial charge on any atom is 0.303 e. The van der Waals surface area contributed by atoms with Crippen LogP contribution in [0.5, 0.6) is 0 Å². The Labute approximate surface area is 216 Å². The van der Waals surface area contributed by atoms with Gasteiger partial charge in [-0.3, -0.25) is 14.4 Å². The van der Waals surface area contributed by atoms with Gasteiger partial charge in [-0.2, -0.15) is 5.10 Å². The Bertz CT molecular complexity index is 997. The Morgan fingerprint density at radius 1 is 1.06 bits per heavy atom. The maximum absolute atomic E-state index is 12.9. The van der Waals surface area contributed by atoms with Crippen LogP contribution in [0.15, 0.2) is 28.9 Å². The first-order chi connectivity index (χ1) is 17.1. The zero-order valence-corrected chi connectivity index (χ0v) is 22.8. The molecule has 4 rings (SSSR count). The van der Waals surface area contributed by atoms with Gasteiger partial charge in [0, 0.05) is 18.8 Å². The van der Waals surface area contributed by atoms with Crippen molar-refractivity contribution >= 4 is 23.4 Å². The first-order valence-electron chi connectivity index (χ1n) is 14.0. The van der Waals surface area contributed by atoms with Crippen molar-refractivity contribution in [1.29, 1.82) is 0 Å². The normalized spacial score (nSPS) is 38.0. The number of allylic oxidation sites excluding steroid dienone is 4. The number of fused-ring (bicyclic) bond motifs is 5. The van der Waals surface area contributed by atoms with Crippen molar-refractivity contribution < 1.29 is 19.1 Å². The third kappa shape index (κ3) is 4.50. The topological polar surface area (TPSA) is 84.8 Å². The lowest BCUT2D eigenvalue weighted by Crippen LogP contribution is -2.58. The summed E-state index contributed by atoms with van der Waals surface area (Å²) in [5.41, 5.74) is 3.72. The van der Waals surface area contributed by atoms with Crippen molar-refractivity contribution in [3.63, 3.8) is 0 Å². The summed E-state index contributed by atoms with van der Waals surface area (Å²) in [5.74, 6) is 0.789. The van der Waals surface area contributed by atoms with Crippen molar-refractivity contribution in [2.24, 2.45) is 33.7 Å². The van der Waals surface area contributed by atoms with E-state index in [0.717, 1.165) is 57.1 Å². The minimum Gasteiger partial charge on any atom is -0.451 e. The van der Waals surface area contributed by atoms with Crippen LogP contribution >= 0.6 is 0 Å². The Balaban J connectivity index is 1.52. The van der Waals surface area contributed by atoms with Crippen LogP contribution in [0.2, 0.25) is 0 Å². The van der Waals surface area contributed by atoms with E-state index in [4.69, 9.17) is 4.74 Å². The molecule has 0 unspecified atom stereocenters. The first kappa shape index (κ1) is 26.8. The lowest BCUT2D eigenvalue weighted by molar-refractivity contribution is -0.185. The predicted octanol–water partition coefficient (Wildman–Crippen LogP) is 6.06. The maximum atomic E-state index is 12.9. The molecule has 2 saturated carbocycles. The van der Waals surface area contributed by atoms with E-state index < -0.39 is 5.60 Å². The highest BCUT2D eigenvalue weighted by molar-refractivity contribution is 5.98. The number of nitrogens with zero attached hydrogens (tertiary/aromatic N) is 1. The van der Waals surface area contributed by atoms with Crippen molar-refractivity contribution in [1.82, 2.24) is 5.43 Å². The molecule has 0 bridgehead atoms. The lowest BCUT2D eigenvalue weighted by atomic mass is 9.48. The van der Waals surface area contributed by atoms with Crippen LogP contribution in [0.4, 0.5) is 0 Å². The second kappa shape index (κ2) is 10.3. The summed E-state index contributed by atoms with van der Waals surface area (Å²) < 4.78 is 5.87. The number of esters is 1. The number of carbonyl (C=O) groups excluding carboxylic acids is 3. The standard InChI is InChI=1S/C30H44N2O4/c1-6-7-8-9-10-27(35)32-31-23-13-16-28(4)22(19-23)11-12-24-25(28)14-17-29(5)26(24)15-18-30(29,20(2)33)36-21(3)34/h11-12,19,24-26H,6-10,13-18H2,1-5H3,(H,32,35)/t24-,25+,26+,28+,29+,30+/m1/s1. The summed E-state index contributed by atoms with van der Waals surface area (Å²) in [7, 11) is 0. The monoisotopic (exact) mass is 496 g/mol. The van der Waals surface area contributed by atoms with Crippen molar-refractivity contribution in [3.8, 4) is 0 Å². The molecule has 0 aromatic rings. The van der Waals surface area contributed by atoms with Crippen LogP contribution in [0, 0.1) is 28.6 Å². The van der Waals surface area contributed by atoms with Gasteiger partial charge < -0.3 is 4.74 Å². The van der Waals surface area contributed by atoms with Gasteiger partial charge in [-0.15, -0.1) is 0 Å². The summed E-state index contributed by atoms with van der Waals surface area (Å²) in [6, 6.07) is 0. The summed E-state index contributed by atoms with van der Waals surface area (Å²) in [6.45, 7) is 9.74. The number of hydrazone groups is 1. The molecule has 0 spiro atoms. The highest BCUT2D eigenvalue weighted by Crippen LogP contribution is 2.67. The predicted molar refractivity (Wildman–Crippen MR) is 141 cm³/mol. The highest BCUT2D eigenvalue weighted by atomic mass is 16.6. The summed E-state index contributed by atoms with van der Waals surface area (Å²) in [4.78, 5) is 37.1. The van der Waals surface area contributed by atoms with Crippen LogP contribution in [-0.2, 0) is 19.1 Å². The van der Waals surface area contributed by atoms with Gasteiger partial charge in [0.15, 0.2) is 11.4 Å². The van der Waals surface area contributed by atoms with Gasteiger partial charge in [-0.25, -0.2) is 5.43 Å². The van der Waals surface area contributed by atoms with Gasteiger partial charge in [-0.1, -0.05) is 52.2 Å². The molecule has 4 aliphatic carbocycles. The number of amides is 1. The highest BCUT2D eigenvalue weighted by Gasteiger charge is 2.67. The average Bonchev–Trinajstić information content (AvgIpc) is 3.13. The third-order valence-corrected chi connectivity index (χ3v) is 10.1. The van der Waals surface area contributed by atoms with Gasteiger partial charge in [-0.05, 0) is 86.7 Å². The minimum atomic E-state index is -1.000. The lowest BCUT2D eigenvalue weighted by Gasteiger charge is -2.57. The molecule has 0 saturated heterocycles. The Morgan fingerprint density at radius 2 is 1.81 bits per heavy atom. The molecule has 198 valence electrons. The minimum absolute atomic E-state index is 0.000812. The number of nitrogens with one attached hydrogen (secondary N) is 1. The molecule has 0 radical (unpaired) electrons. The number of unbranched alkanes of at least 4 members (excludes halogenated alkanes) is 3. The van der Waals surface area contributed by atoms with E-state index in [1.807, 2.05) is 0 Å². The molecule has 0 aliphatic heterocycles. The van der Waals surface area contributed by atoms with Crippen LogP contribution < -0.4 is 5.43 Å². The van der Waals surface area contributed by atoms with Gasteiger partial charge >= 0.3 is 5.97 Å². The molecule has 1 N–H and O–H groups in total. The average molecular weight is 497 g/mol. The van der Waals surface area contributed by atoms with Crippen molar-refractivity contribution in [2.45, 2.75) is 111 Å². The van der Waals surface area contributed by atoms with E-state index in [2.05, 4.69) is 49.5 Å². The number of ketones is 1. The molecular formula is C30H44N2O4. The number of hydrogen-bond donors (Lipinski definition) is 1. The Hall–Kier alpha value is -2.24. The van der Waals surface area contributed by atoms with E-state index in [1.54, 1.807) is 6.92 Å². The van der Waals surface area contributed by atoms with E-state index in [-0.39, 0.29) is 28.5 Å². The number of hydrogen-bond acceptors (Lipinski definition) is 5. The zero-order valence-electron chi connectivity index (χ0n) is 22.8. The smallest absolute Gasteiger partial charge is 0.303 e. The van der Waals surface area contributed by atoms with E-state index >= 15 is 0 Å². The fraction of sp³-hybridized carbons (Fsp3) is 0.733. The number of Topliss-reactive ketones (excluding diaryl/α,β-unsaturated/α-hetero) is 1. The van der Waals surface area contributed by atoms with E-state index in [0.29, 0.717) is 30.6 Å². The molecule has 0 heterocycles. The van der Waals surface area contributed by atoms with Crippen molar-refractivity contribution in [3.05, 3.63) is 23.8 Å². The Morgan fingerprint density at radius 3 is 2.50 bits per heavy atom. The summed E-state index contributed by atoms with van der Waals surface area (Å²) >= 11 is 0. The van der Waals surface area contributed by atoms with Gasteiger partial charge in [0.2, 0.25) is 5.91 Å². The molecule has 0 aromatic heterocycles. The van der Waals surface area contributed by atoms with Crippen LogP contribution in [-0.4, -0.2) is 29.0 Å². The fourth-order valence-corrected chi connectivity index (χ4v) is 8.06. The molecule has 1 amide bonds. The number of rotatable bonds is 8. The second-order valence-corrected chi connectivity index (χ2v) is 12.1. The molecule has 0 aromatic carbocycles. The SMILES string of the molecule is CCCCCCC(=O)NN=C1C=C2C=C[C@@H]3[C@H](CC[C@@]4(C)[C@H]3CC[C@]4(OC(C)=O)C(C)=O)[C@@]2(C)CC1. The fourth-order valence-electron chi connectivity index (χ4n) is 8.06. The van der Waals surface area contributed by atoms with Crippen LogP contribution in [0.1, 0.15) is 105 Å². The van der Waals surface area contributed by atoms with E-state index in [9.17, 15) is 14.4 Å². The quantitative estimate of drug-likeness (QED) is 0.251. The zero-order chi connectivity index (χ0) is 26.1. The molecule has 36 heavy (non-hydrogen) atoms. The molecule has 2 fully saturated rings. The van der Waals surface area contributed by atoms with Gasteiger partial charge in [0.05, 0.1) is 5.71 Å². The van der Waals surface area contributed by atoms with Crippen LogP contribution in [0.3, 0.4) is 0 Å². The summed E-state index contributed by atoms with van der Waals surface area (Å²) in [5, 5.41) is 4.46. The van der Waals surface area contributed by atoms with E-state index in [1.165, 1.54) is 18.9 Å². The summed E-state index contributed by atoms with van der Waals surface area (Å²) in [6.07, 6.45) is 16.9.